The first kappa shape index (κ1) is 17.3. The molecule has 0 aromatic heterocycles. The summed E-state index contributed by atoms with van der Waals surface area (Å²) in [5, 5.41) is 4.35. The lowest BCUT2D eigenvalue weighted by Gasteiger charge is -2.36. The highest BCUT2D eigenvalue weighted by Gasteiger charge is 2.22. The van der Waals surface area contributed by atoms with Gasteiger partial charge in [0.05, 0.1) is 0 Å². The minimum atomic E-state index is 0.638. The van der Waals surface area contributed by atoms with E-state index in [0.717, 1.165) is 17.3 Å². The highest BCUT2D eigenvalue weighted by atomic mass is 32.1. The van der Waals surface area contributed by atoms with Gasteiger partial charge in [0.2, 0.25) is 0 Å². The summed E-state index contributed by atoms with van der Waals surface area (Å²) in [6.45, 7) is 3.36. The largest absolute Gasteiger partial charge is 0.346 e. The van der Waals surface area contributed by atoms with Crippen LogP contribution in [-0.4, -0.2) is 22.6 Å². The summed E-state index contributed by atoms with van der Waals surface area (Å²) >= 11 is 5.73. The third kappa shape index (κ3) is 5.60. The van der Waals surface area contributed by atoms with Crippen molar-refractivity contribution in [1.29, 1.82) is 0 Å². The van der Waals surface area contributed by atoms with Gasteiger partial charge in [-0.2, -0.15) is 0 Å². The molecule has 122 valence electrons. The molecule has 0 unspecified atom stereocenters. The zero-order valence-electron chi connectivity index (χ0n) is 13.9. The van der Waals surface area contributed by atoms with E-state index >= 15 is 0 Å². The first-order valence-corrected chi connectivity index (χ1v) is 9.34. The number of anilines is 1. The van der Waals surface area contributed by atoms with Crippen LogP contribution in [0.5, 0.6) is 0 Å². The molecule has 1 aliphatic rings. The zero-order chi connectivity index (χ0) is 15.6. The van der Waals surface area contributed by atoms with Crippen molar-refractivity contribution >= 4 is 23.0 Å². The van der Waals surface area contributed by atoms with Gasteiger partial charge in [-0.25, -0.2) is 0 Å². The fourth-order valence-electron chi connectivity index (χ4n) is 3.27. The van der Waals surface area contributed by atoms with E-state index in [4.69, 9.17) is 12.2 Å². The topological polar surface area (TPSA) is 15.3 Å². The van der Waals surface area contributed by atoms with E-state index in [-0.39, 0.29) is 0 Å². The summed E-state index contributed by atoms with van der Waals surface area (Å²) in [5.41, 5.74) is 1.10. The molecular weight excluding hydrogens is 288 g/mol. The Bertz CT molecular complexity index is 426. The second-order valence-electron chi connectivity index (χ2n) is 6.34. The Hall–Kier alpha value is -1.09. The Labute approximate surface area is 141 Å². The lowest BCUT2D eigenvalue weighted by Crippen LogP contribution is -2.44. The normalized spacial score (nSPS) is 15.5. The highest BCUT2D eigenvalue weighted by molar-refractivity contribution is 7.80. The van der Waals surface area contributed by atoms with Crippen LogP contribution in [0.15, 0.2) is 30.3 Å². The monoisotopic (exact) mass is 318 g/mol. The molecule has 1 aromatic rings. The van der Waals surface area contributed by atoms with Crippen LogP contribution in [0.4, 0.5) is 5.69 Å². The summed E-state index contributed by atoms with van der Waals surface area (Å²) in [7, 11) is 0. The fourth-order valence-corrected chi connectivity index (χ4v) is 3.63. The number of hydrogen-bond acceptors (Lipinski definition) is 1. The molecule has 0 amide bonds. The first-order chi connectivity index (χ1) is 10.8. The van der Waals surface area contributed by atoms with Gasteiger partial charge in [0.25, 0.3) is 0 Å². The zero-order valence-corrected chi connectivity index (χ0v) is 14.7. The molecule has 22 heavy (non-hydrogen) atoms. The van der Waals surface area contributed by atoms with Crippen LogP contribution >= 0.6 is 12.2 Å². The van der Waals surface area contributed by atoms with E-state index < -0.39 is 0 Å². The fraction of sp³-hybridized carbons (Fsp3) is 0.632. The molecule has 0 atom stereocenters. The Morgan fingerprint density at radius 3 is 2.50 bits per heavy atom. The number of benzene rings is 1. The van der Waals surface area contributed by atoms with Crippen molar-refractivity contribution in [3.63, 3.8) is 0 Å². The first-order valence-electron chi connectivity index (χ1n) is 8.94. The Balaban J connectivity index is 1.93. The van der Waals surface area contributed by atoms with Crippen LogP contribution in [0.3, 0.4) is 0 Å². The average molecular weight is 319 g/mol. The van der Waals surface area contributed by atoms with Gasteiger partial charge in [-0.15, -0.1) is 0 Å². The van der Waals surface area contributed by atoms with Crippen molar-refractivity contribution in [3.05, 3.63) is 30.3 Å². The minimum Gasteiger partial charge on any atom is -0.346 e. The van der Waals surface area contributed by atoms with Crippen molar-refractivity contribution in [3.8, 4) is 0 Å². The van der Waals surface area contributed by atoms with Crippen molar-refractivity contribution < 1.29 is 0 Å². The van der Waals surface area contributed by atoms with E-state index in [1.807, 2.05) is 6.07 Å². The number of para-hydroxylation sites is 1. The number of hydrogen-bond donors (Lipinski definition) is 1. The van der Waals surface area contributed by atoms with Crippen LogP contribution < -0.4 is 5.32 Å². The van der Waals surface area contributed by atoms with Crippen molar-refractivity contribution in [1.82, 2.24) is 4.90 Å². The molecule has 1 aromatic carbocycles. The highest BCUT2D eigenvalue weighted by Crippen LogP contribution is 2.24. The van der Waals surface area contributed by atoms with Crippen LogP contribution in [0.2, 0.25) is 0 Å². The van der Waals surface area contributed by atoms with Crippen LogP contribution in [0.1, 0.15) is 64.7 Å². The molecule has 0 saturated heterocycles. The summed E-state index contributed by atoms with van der Waals surface area (Å²) in [5.74, 6) is 0. The van der Waals surface area contributed by atoms with Gasteiger partial charge in [-0.1, -0.05) is 63.6 Å². The van der Waals surface area contributed by atoms with Crippen molar-refractivity contribution in [2.24, 2.45) is 0 Å². The Morgan fingerprint density at radius 2 is 1.82 bits per heavy atom. The standard InChI is InChI=1S/C19H30N2S/c1-2-3-4-11-16-21(18-14-9-6-10-15-18)19(22)20-17-12-7-5-8-13-17/h5,7-8,12-13,18H,2-4,6,9-11,14-16H2,1H3,(H,20,22). The lowest BCUT2D eigenvalue weighted by molar-refractivity contribution is 0.242. The maximum absolute atomic E-state index is 5.73. The second-order valence-corrected chi connectivity index (χ2v) is 6.73. The quantitative estimate of drug-likeness (QED) is 0.520. The summed E-state index contributed by atoms with van der Waals surface area (Å²) in [6.07, 6.45) is 11.9. The molecule has 0 aliphatic heterocycles. The molecule has 1 saturated carbocycles. The second kappa shape index (κ2) is 9.83. The lowest BCUT2D eigenvalue weighted by atomic mass is 9.94. The van der Waals surface area contributed by atoms with E-state index in [2.05, 4.69) is 41.4 Å². The molecule has 0 heterocycles. The van der Waals surface area contributed by atoms with Gasteiger partial charge in [-0.3, -0.25) is 0 Å². The molecular formula is C19H30N2S. The third-order valence-electron chi connectivity index (χ3n) is 4.55. The molecule has 2 rings (SSSR count). The van der Waals surface area contributed by atoms with E-state index in [1.54, 1.807) is 0 Å². The van der Waals surface area contributed by atoms with Crippen LogP contribution in [-0.2, 0) is 0 Å². The van der Waals surface area contributed by atoms with Gasteiger partial charge >= 0.3 is 0 Å². The Kier molecular flexibility index (Phi) is 7.72. The predicted molar refractivity (Wildman–Crippen MR) is 100 cm³/mol. The smallest absolute Gasteiger partial charge is 0.173 e. The van der Waals surface area contributed by atoms with Gasteiger partial charge in [0, 0.05) is 18.3 Å². The maximum Gasteiger partial charge on any atom is 0.173 e. The molecule has 3 heteroatoms. The van der Waals surface area contributed by atoms with E-state index in [9.17, 15) is 0 Å². The number of nitrogens with one attached hydrogen (secondary N) is 1. The molecule has 1 N–H and O–H groups in total. The van der Waals surface area contributed by atoms with E-state index in [0.29, 0.717) is 6.04 Å². The molecule has 0 radical (unpaired) electrons. The third-order valence-corrected chi connectivity index (χ3v) is 4.89. The number of thiocarbonyl (C=S) groups is 1. The van der Waals surface area contributed by atoms with Gasteiger partial charge in [0.1, 0.15) is 0 Å². The van der Waals surface area contributed by atoms with E-state index in [1.165, 1.54) is 57.8 Å². The number of unbranched alkanes of at least 4 members (excludes halogenated alkanes) is 3. The molecule has 1 aliphatic carbocycles. The molecule has 0 spiro atoms. The average Bonchev–Trinajstić information content (AvgIpc) is 2.56. The summed E-state index contributed by atoms with van der Waals surface area (Å²) in [4.78, 5) is 2.47. The van der Waals surface area contributed by atoms with Crippen molar-refractivity contribution in [2.75, 3.05) is 11.9 Å². The van der Waals surface area contributed by atoms with Crippen LogP contribution in [0, 0.1) is 0 Å². The minimum absolute atomic E-state index is 0.638. The Morgan fingerprint density at radius 1 is 1.09 bits per heavy atom. The summed E-state index contributed by atoms with van der Waals surface area (Å²) in [6, 6.07) is 11.0. The van der Waals surface area contributed by atoms with Gasteiger partial charge in [-0.05, 0) is 43.6 Å². The number of rotatable bonds is 7. The predicted octanol–water partition coefficient (Wildman–Crippen LogP) is 5.60. The molecule has 1 fully saturated rings. The van der Waals surface area contributed by atoms with Gasteiger partial charge < -0.3 is 10.2 Å². The number of nitrogens with zero attached hydrogens (tertiary/aromatic N) is 1. The van der Waals surface area contributed by atoms with Crippen LogP contribution in [0.25, 0.3) is 0 Å². The molecule has 2 nitrogen and oxygen atoms in total. The summed E-state index contributed by atoms with van der Waals surface area (Å²) < 4.78 is 0. The van der Waals surface area contributed by atoms with Gasteiger partial charge in [0.15, 0.2) is 5.11 Å². The maximum atomic E-state index is 5.73. The van der Waals surface area contributed by atoms with Crippen molar-refractivity contribution in [2.45, 2.75) is 70.8 Å². The SMILES string of the molecule is CCCCCCN(C(=S)Nc1ccccc1)C1CCCCC1. The molecule has 0 bridgehead atoms.